The molecule has 5 rings (SSSR count). The normalized spacial score (nSPS) is 11.5. The Balaban J connectivity index is 1.30. The molecule has 0 radical (unpaired) electrons. The van der Waals surface area contributed by atoms with Gasteiger partial charge in [0.1, 0.15) is 34.8 Å². The monoisotopic (exact) mass is 700 g/mol. The van der Waals surface area contributed by atoms with E-state index in [1.807, 2.05) is 0 Å². The number of halogens is 9. The summed E-state index contributed by atoms with van der Waals surface area (Å²) < 4.78 is 134. The Morgan fingerprint density at radius 1 is 0.680 bits per heavy atom. The van der Waals surface area contributed by atoms with Crippen molar-refractivity contribution in [2.24, 2.45) is 0 Å². The lowest BCUT2D eigenvalue weighted by Crippen LogP contribution is -2.23. The zero-order valence-electron chi connectivity index (χ0n) is 26.5. The minimum absolute atomic E-state index is 0.0301. The fraction of sp³-hybridized carbons (Fsp3) is 0.211. The minimum atomic E-state index is -4.21. The maximum absolute atomic E-state index is 15.1. The summed E-state index contributed by atoms with van der Waals surface area (Å²) in [7, 11) is 0. The van der Waals surface area contributed by atoms with Crippen LogP contribution in [0, 0.1) is 29.1 Å². The van der Waals surface area contributed by atoms with Gasteiger partial charge in [-0.25, -0.2) is 31.9 Å². The molecule has 0 spiro atoms. The summed E-state index contributed by atoms with van der Waals surface area (Å²) in [5.41, 5.74) is -1.13. The zero-order chi connectivity index (χ0) is 36.0. The molecule has 12 heteroatoms. The second-order valence-electron chi connectivity index (χ2n) is 11.5. The minimum Gasteiger partial charge on any atom is -0.429 e. The van der Waals surface area contributed by atoms with Gasteiger partial charge >= 0.3 is 6.11 Å². The Hall–Kier alpha value is -5.13. The van der Waals surface area contributed by atoms with E-state index in [1.54, 1.807) is 12.4 Å². The third-order valence-electron chi connectivity index (χ3n) is 7.93. The summed E-state index contributed by atoms with van der Waals surface area (Å²) in [6.07, 6.45) is 0.753. The average molecular weight is 701 g/mol. The van der Waals surface area contributed by atoms with Crippen molar-refractivity contribution < 1.29 is 44.3 Å². The van der Waals surface area contributed by atoms with Crippen molar-refractivity contribution in [1.29, 1.82) is 0 Å². The standard InChI is InChI=1S/C38H29F9N2O/c1-2-3-4-6-22-20-48-37(49-21-22)24-10-14-30(35(43)16-24)38(46,47)50-26-11-13-27(34(42)19-26)23-9-12-28(31(39)15-23)25-17-32(40)29(33(41)18-25)7-5-8-36(44)45/h8-21H,2-7H2,1H3. The fourth-order valence-corrected chi connectivity index (χ4v) is 5.34. The van der Waals surface area contributed by atoms with E-state index in [-0.39, 0.29) is 46.5 Å². The number of rotatable bonds is 13. The number of ether oxygens (including phenoxy) is 1. The van der Waals surface area contributed by atoms with E-state index in [9.17, 15) is 22.0 Å². The van der Waals surface area contributed by atoms with Gasteiger partial charge < -0.3 is 4.74 Å². The first-order chi connectivity index (χ1) is 23.9. The Bertz CT molecular complexity index is 1990. The molecule has 5 aromatic rings. The molecule has 260 valence electrons. The molecule has 3 nitrogen and oxygen atoms in total. The van der Waals surface area contributed by atoms with Gasteiger partial charge in [0.15, 0.2) is 5.82 Å². The lowest BCUT2D eigenvalue weighted by Gasteiger charge is -2.19. The Labute approximate surface area is 282 Å². The Morgan fingerprint density at radius 3 is 1.90 bits per heavy atom. The van der Waals surface area contributed by atoms with Gasteiger partial charge in [-0.2, -0.15) is 17.6 Å². The summed E-state index contributed by atoms with van der Waals surface area (Å²) in [5, 5.41) is 0. The molecule has 0 unspecified atom stereocenters. The molecule has 0 bridgehead atoms. The van der Waals surface area contributed by atoms with E-state index in [4.69, 9.17) is 0 Å². The summed E-state index contributed by atoms with van der Waals surface area (Å²) in [6.45, 7) is 2.08. The number of aryl methyl sites for hydroxylation is 1. The highest BCUT2D eigenvalue weighted by atomic mass is 19.3. The smallest absolute Gasteiger partial charge is 0.429 e. The number of nitrogens with zero attached hydrogens (tertiary/aromatic N) is 2. The highest BCUT2D eigenvalue weighted by molar-refractivity contribution is 5.72. The first-order valence-corrected chi connectivity index (χ1v) is 15.6. The van der Waals surface area contributed by atoms with E-state index in [0.717, 1.165) is 79.8 Å². The predicted octanol–water partition coefficient (Wildman–Crippen LogP) is 11.7. The molecular formula is C38H29F9N2O. The van der Waals surface area contributed by atoms with E-state index in [1.165, 1.54) is 12.1 Å². The maximum atomic E-state index is 15.1. The van der Waals surface area contributed by atoms with Gasteiger partial charge in [0.2, 0.25) is 0 Å². The largest absolute Gasteiger partial charge is 0.429 e. The van der Waals surface area contributed by atoms with Gasteiger partial charge in [0.05, 0.1) is 5.56 Å². The summed E-state index contributed by atoms with van der Waals surface area (Å²) in [6, 6.07) is 10.6. The predicted molar refractivity (Wildman–Crippen MR) is 171 cm³/mol. The van der Waals surface area contributed by atoms with Crippen LogP contribution in [0.15, 0.2) is 91.3 Å². The quantitative estimate of drug-likeness (QED) is 0.0906. The summed E-state index contributed by atoms with van der Waals surface area (Å²) in [4.78, 5) is 8.42. The highest BCUT2D eigenvalue weighted by Gasteiger charge is 2.38. The Morgan fingerprint density at radius 2 is 1.28 bits per heavy atom. The molecule has 0 atom stereocenters. The van der Waals surface area contributed by atoms with Crippen molar-refractivity contribution in [3.05, 3.63) is 137 Å². The van der Waals surface area contributed by atoms with Gasteiger partial charge in [-0.05, 0) is 90.9 Å². The number of hydrogen-bond donors (Lipinski definition) is 0. The molecule has 0 saturated carbocycles. The molecule has 0 aliphatic heterocycles. The molecule has 1 aromatic heterocycles. The van der Waals surface area contributed by atoms with E-state index in [2.05, 4.69) is 21.6 Å². The second kappa shape index (κ2) is 15.6. The van der Waals surface area contributed by atoms with Crippen LogP contribution in [0.4, 0.5) is 39.5 Å². The lowest BCUT2D eigenvalue weighted by atomic mass is 9.97. The van der Waals surface area contributed by atoms with Crippen molar-refractivity contribution in [2.75, 3.05) is 0 Å². The van der Waals surface area contributed by atoms with Crippen molar-refractivity contribution in [3.63, 3.8) is 0 Å². The van der Waals surface area contributed by atoms with E-state index < -0.39 is 58.2 Å². The third-order valence-corrected chi connectivity index (χ3v) is 7.93. The maximum Gasteiger partial charge on any atom is 0.429 e. The van der Waals surface area contributed by atoms with Crippen molar-refractivity contribution in [2.45, 2.75) is 51.6 Å². The van der Waals surface area contributed by atoms with Gasteiger partial charge in [0, 0.05) is 40.7 Å². The van der Waals surface area contributed by atoms with Crippen LogP contribution < -0.4 is 4.74 Å². The lowest BCUT2D eigenvalue weighted by molar-refractivity contribution is -0.187. The van der Waals surface area contributed by atoms with Crippen LogP contribution in [-0.2, 0) is 19.0 Å². The molecule has 4 aromatic carbocycles. The topological polar surface area (TPSA) is 35.0 Å². The Kier molecular flexibility index (Phi) is 11.3. The van der Waals surface area contributed by atoms with Crippen LogP contribution >= 0.6 is 0 Å². The van der Waals surface area contributed by atoms with Gasteiger partial charge in [-0.15, -0.1) is 0 Å². The number of hydrogen-bond acceptors (Lipinski definition) is 3. The van der Waals surface area contributed by atoms with Crippen LogP contribution in [0.1, 0.15) is 49.3 Å². The average Bonchev–Trinajstić information content (AvgIpc) is 3.06. The van der Waals surface area contributed by atoms with Crippen molar-refractivity contribution >= 4 is 0 Å². The van der Waals surface area contributed by atoms with Crippen LogP contribution in [0.3, 0.4) is 0 Å². The molecule has 0 amide bonds. The molecule has 0 saturated heterocycles. The molecular weight excluding hydrogens is 671 g/mol. The van der Waals surface area contributed by atoms with Gasteiger partial charge in [-0.3, -0.25) is 0 Å². The number of unbranched alkanes of at least 4 members (excludes halogenated alkanes) is 2. The highest BCUT2D eigenvalue weighted by Crippen LogP contribution is 2.37. The number of alkyl halides is 2. The fourth-order valence-electron chi connectivity index (χ4n) is 5.34. The first kappa shape index (κ1) is 36.2. The third kappa shape index (κ3) is 8.53. The second-order valence-corrected chi connectivity index (χ2v) is 11.5. The molecule has 0 fully saturated rings. The summed E-state index contributed by atoms with van der Waals surface area (Å²) in [5.74, 6) is -5.95. The number of benzene rings is 4. The van der Waals surface area contributed by atoms with Crippen molar-refractivity contribution in [3.8, 4) is 39.4 Å². The van der Waals surface area contributed by atoms with Crippen molar-refractivity contribution in [1.82, 2.24) is 9.97 Å². The SMILES string of the molecule is CCCCCc1cnc(-c2ccc(C(F)(F)Oc3ccc(-c4ccc(-c5cc(F)c(CCC=C(F)F)c(F)c5)c(F)c4)c(F)c3)c(F)c2)nc1. The van der Waals surface area contributed by atoms with E-state index >= 15 is 17.6 Å². The summed E-state index contributed by atoms with van der Waals surface area (Å²) >= 11 is 0. The van der Waals surface area contributed by atoms with Gasteiger partial charge in [-0.1, -0.05) is 38.0 Å². The molecule has 1 heterocycles. The zero-order valence-corrected chi connectivity index (χ0v) is 26.5. The number of allylic oxidation sites excluding steroid dienone is 1. The van der Waals surface area contributed by atoms with Crippen LogP contribution in [0.5, 0.6) is 5.75 Å². The van der Waals surface area contributed by atoms with Gasteiger partial charge in [0.25, 0.3) is 6.08 Å². The first-order valence-electron chi connectivity index (χ1n) is 15.6. The number of aromatic nitrogens is 2. The van der Waals surface area contributed by atoms with Crippen LogP contribution in [0.25, 0.3) is 33.6 Å². The molecule has 0 aliphatic carbocycles. The van der Waals surface area contributed by atoms with E-state index in [0.29, 0.717) is 12.1 Å². The molecule has 0 aliphatic rings. The van der Waals surface area contributed by atoms with Crippen LogP contribution in [-0.4, -0.2) is 9.97 Å². The molecule has 50 heavy (non-hydrogen) atoms. The molecule has 0 N–H and O–H groups in total. The van der Waals surface area contributed by atoms with Crippen LogP contribution in [0.2, 0.25) is 0 Å².